The van der Waals surface area contributed by atoms with Crippen LogP contribution in [0, 0.1) is 0 Å². The van der Waals surface area contributed by atoms with E-state index in [0.717, 1.165) is 0 Å². The average molecular weight is 280 g/mol. The first-order valence-corrected chi connectivity index (χ1v) is 4.98. The molecule has 0 radical (unpaired) electrons. The molecule has 0 saturated carbocycles. The molecule has 5 heteroatoms. The summed E-state index contributed by atoms with van der Waals surface area (Å²) in [5.41, 5.74) is 0.630. The maximum Gasteiger partial charge on any atom is 0.302 e. The molecule has 76 valence electrons. The lowest BCUT2D eigenvalue weighted by Gasteiger charge is -2.07. The number of hydrogen-bond donors (Lipinski definition) is 1. The molecular formula is C9H8BrClO3. The van der Waals surface area contributed by atoms with E-state index >= 15 is 0 Å². The lowest BCUT2D eigenvalue weighted by molar-refractivity contribution is -0.142. The Morgan fingerprint density at radius 2 is 2.29 bits per heavy atom. The van der Waals surface area contributed by atoms with E-state index in [-0.39, 0.29) is 18.3 Å². The van der Waals surface area contributed by atoms with E-state index in [1.54, 1.807) is 6.07 Å². The Hall–Kier alpha value is -0.740. The standard InChI is InChI=1S/C9H8BrClO3/c1-5(12)14-4-6-2-7(11)3-8(13)9(6)10/h2-3,13H,4H2,1H3. The molecule has 0 spiro atoms. The second-order valence-electron chi connectivity index (χ2n) is 2.68. The second-order valence-corrected chi connectivity index (χ2v) is 3.91. The highest BCUT2D eigenvalue weighted by molar-refractivity contribution is 9.10. The molecule has 0 aliphatic rings. The number of rotatable bonds is 2. The van der Waals surface area contributed by atoms with Crippen molar-refractivity contribution >= 4 is 33.5 Å². The number of ether oxygens (including phenoxy) is 1. The van der Waals surface area contributed by atoms with Gasteiger partial charge in [0, 0.05) is 17.5 Å². The van der Waals surface area contributed by atoms with E-state index < -0.39 is 0 Å². The quantitative estimate of drug-likeness (QED) is 0.847. The van der Waals surface area contributed by atoms with Crippen LogP contribution in [0.25, 0.3) is 0 Å². The largest absolute Gasteiger partial charge is 0.507 e. The third kappa shape index (κ3) is 2.89. The molecule has 0 atom stereocenters. The van der Waals surface area contributed by atoms with Crippen LogP contribution in [0.1, 0.15) is 12.5 Å². The number of carbonyl (C=O) groups is 1. The third-order valence-electron chi connectivity index (χ3n) is 1.52. The summed E-state index contributed by atoms with van der Waals surface area (Å²) in [6, 6.07) is 3.03. The topological polar surface area (TPSA) is 46.5 Å². The van der Waals surface area contributed by atoms with Crippen molar-refractivity contribution in [3.63, 3.8) is 0 Å². The predicted octanol–water partition coefficient (Wildman–Crippen LogP) is 2.87. The number of phenols is 1. The second kappa shape index (κ2) is 4.66. The van der Waals surface area contributed by atoms with Crippen molar-refractivity contribution in [2.45, 2.75) is 13.5 Å². The molecule has 3 nitrogen and oxygen atoms in total. The first kappa shape index (κ1) is 11.3. The van der Waals surface area contributed by atoms with Gasteiger partial charge in [-0.05, 0) is 28.1 Å². The molecule has 1 rings (SSSR count). The van der Waals surface area contributed by atoms with Crippen LogP contribution in [-0.4, -0.2) is 11.1 Å². The molecule has 0 bridgehead atoms. The van der Waals surface area contributed by atoms with E-state index in [1.165, 1.54) is 13.0 Å². The maximum absolute atomic E-state index is 10.6. The fourth-order valence-electron chi connectivity index (χ4n) is 0.914. The highest BCUT2D eigenvalue weighted by Crippen LogP contribution is 2.31. The normalized spacial score (nSPS) is 9.93. The zero-order chi connectivity index (χ0) is 10.7. The van der Waals surface area contributed by atoms with E-state index in [2.05, 4.69) is 15.9 Å². The van der Waals surface area contributed by atoms with Crippen molar-refractivity contribution in [2.75, 3.05) is 0 Å². The zero-order valence-electron chi connectivity index (χ0n) is 7.38. The van der Waals surface area contributed by atoms with Gasteiger partial charge < -0.3 is 9.84 Å². The van der Waals surface area contributed by atoms with Gasteiger partial charge in [0.05, 0.1) is 4.47 Å². The third-order valence-corrected chi connectivity index (χ3v) is 2.66. The highest BCUT2D eigenvalue weighted by Gasteiger charge is 2.08. The van der Waals surface area contributed by atoms with Crippen LogP contribution in [0.4, 0.5) is 0 Å². The van der Waals surface area contributed by atoms with Crippen molar-refractivity contribution in [1.82, 2.24) is 0 Å². The van der Waals surface area contributed by atoms with Crippen LogP contribution in [-0.2, 0) is 16.1 Å². The maximum atomic E-state index is 10.6. The lowest BCUT2D eigenvalue weighted by atomic mass is 10.2. The molecule has 0 aliphatic carbocycles. The number of benzene rings is 1. The first-order chi connectivity index (χ1) is 6.50. The Morgan fingerprint density at radius 1 is 1.64 bits per heavy atom. The van der Waals surface area contributed by atoms with E-state index in [4.69, 9.17) is 16.3 Å². The Bertz CT molecular complexity index is 365. The van der Waals surface area contributed by atoms with E-state index in [1.807, 2.05) is 0 Å². The SMILES string of the molecule is CC(=O)OCc1cc(Cl)cc(O)c1Br. The average Bonchev–Trinajstić information content (AvgIpc) is 2.08. The molecular weight excluding hydrogens is 271 g/mol. The smallest absolute Gasteiger partial charge is 0.302 e. The number of aromatic hydroxyl groups is 1. The molecule has 0 fully saturated rings. The lowest BCUT2D eigenvalue weighted by Crippen LogP contribution is -1.99. The molecule has 14 heavy (non-hydrogen) atoms. The molecule has 1 aromatic rings. The summed E-state index contributed by atoms with van der Waals surface area (Å²) in [6.07, 6.45) is 0. The van der Waals surface area contributed by atoms with Crippen LogP contribution in [0.5, 0.6) is 5.75 Å². The van der Waals surface area contributed by atoms with Crippen LogP contribution >= 0.6 is 27.5 Å². The van der Waals surface area contributed by atoms with Crippen LogP contribution in [0.3, 0.4) is 0 Å². The zero-order valence-corrected chi connectivity index (χ0v) is 9.72. The molecule has 0 saturated heterocycles. The number of hydrogen-bond acceptors (Lipinski definition) is 3. The summed E-state index contributed by atoms with van der Waals surface area (Å²) >= 11 is 8.88. The van der Waals surface area contributed by atoms with Gasteiger partial charge in [-0.15, -0.1) is 0 Å². The van der Waals surface area contributed by atoms with Gasteiger partial charge in [0.15, 0.2) is 0 Å². The molecule has 1 N–H and O–H groups in total. The van der Waals surface area contributed by atoms with Gasteiger partial charge in [-0.25, -0.2) is 0 Å². The Morgan fingerprint density at radius 3 is 2.86 bits per heavy atom. The molecule has 0 heterocycles. The number of carbonyl (C=O) groups excluding carboxylic acids is 1. The summed E-state index contributed by atoms with van der Waals surface area (Å²) in [5.74, 6) is -0.351. The molecule has 0 unspecified atom stereocenters. The van der Waals surface area contributed by atoms with Crippen molar-refractivity contribution in [1.29, 1.82) is 0 Å². The fraction of sp³-hybridized carbons (Fsp3) is 0.222. The summed E-state index contributed by atoms with van der Waals surface area (Å²) in [7, 11) is 0. The summed E-state index contributed by atoms with van der Waals surface area (Å²) < 4.78 is 5.27. The van der Waals surface area contributed by atoms with Gasteiger partial charge in [-0.2, -0.15) is 0 Å². The minimum atomic E-state index is -0.378. The monoisotopic (exact) mass is 278 g/mol. The van der Waals surface area contributed by atoms with Crippen LogP contribution in [0.15, 0.2) is 16.6 Å². The van der Waals surface area contributed by atoms with Gasteiger partial charge in [0.1, 0.15) is 12.4 Å². The Balaban J connectivity index is 2.90. The number of esters is 1. The van der Waals surface area contributed by atoms with Gasteiger partial charge in [0.2, 0.25) is 0 Å². The van der Waals surface area contributed by atoms with Gasteiger partial charge >= 0.3 is 5.97 Å². The van der Waals surface area contributed by atoms with E-state index in [0.29, 0.717) is 15.1 Å². The summed E-state index contributed by atoms with van der Waals surface area (Å²) in [6.45, 7) is 1.41. The Kier molecular flexibility index (Phi) is 3.77. The minimum absolute atomic E-state index is 0.0275. The van der Waals surface area contributed by atoms with Crippen molar-refractivity contribution in [2.24, 2.45) is 0 Å². The van der Waals surface area contributed by atoms with Crippen molar-refractivity contribution in [3.8, 4) is 5.75 Å². The fourth-order valence-corrected chi connectivity index (χ4v) is 1.49. The number of phenolic OH excluding ortho intramolecular Hbond substituents is 1. The highest BCUT2D eigenvalue weighted by atomic mass is 79.9. The summed E-state index contributed by atoms with van der Waals surface area (Å²) in [5, 5.41) is 9.77. The van der Waals surface area contributed by atoms with Crippen LogP contribution < -0.4 is 0 Å². The molecule has 1 aromatic carbocycles. The summed E-state index contributed by atoms with van der Waals surface area (Å²) in [4.78, 5) is 10.6. The van der Waals surface area contributed by atoms with Crippen molar-refractivity contribution in [3.05, 3.63) is 27.2 Å². The van der Waals surface area contributed by atoms with Gasteiger partial charge in [0.25, 0.3) is 0 Å². The number of halogens is 2. The molecule has 0 aliphatic heterocycles. The molecule has 0 aromatic heterocycles. The van der Waals surface area contributed by atoms with Gasteiger partial charge in [-0.1, -0.05) is 11.6 Å². The van der Waals surface area contributed by atoms with E-state index in [9.17, 15) is 9.90 Å². The van der Waals surface area contributed by atoms with Crippen molar-refractivity contribution < 1.29 is 14.6 Å². The van der Waals surface area contributed by atoms with Crippen LogP contribution in [0.2, 0.25) is 5.02 Å². The minimum Gasteiger partial charge on any atom is -0.507 e. The van der Waals surface area contributed by atoms with Gasteiger partial charge in [-0.3, -0.25) is 4.79 Å². The first-order valence-electron chi connectivity index (χ1n) is 3.81. The Labute approximate surface area is 94.8 Å². The molecule has 0 amide bonds. The predicted molar refractivity (Wildman–Crippen MR) is 56.3 cm³/mol.